The largest absolute Gasteiger partial charge is 0.452 e. The monoisotopic (exact) mass is 818 g/mol. The maximum Gasteiger partial charge on any atom is 0.178 e. The molecule has 4 nitrogen and oxygen atoms in total. The smallest absolute Gasteiger partial charge is 0.178 e. The van der Waals surface area contributed by atoms with Gasteiger partial charge in [0.15, 0.2) is 11.2 Å². The molecule has 0 N–H and O–H groups in total. The summed E-state index contributed by atoms with van der Waals surface area (Å²) in [6.45, 7) is 17.6. The Labute approximate surface area is 368 Å². The molecule has 11 aromatic rings. The third-order valence-corrected chi connectivity index (χ3v) is 13.2. The van der Waals surface area contributed by atoms with E-state index in [4.69, 9.17) is 8.83 Å². The summed E-state index contributed by atoms with van der Waals surface area (Å²) in [6, 6.07) is 55.6. The van der Waals surface area contributed by atoms with Crippen LogP contribution in [0.4, 0.5) is 34.1 Å². The lowest BCUT2D eigenvalue weighted by molar-refractivity contribution is 0.633. The second-order valence-corrected chi connectivity index (χ2v) is 18.0. The minimum atomic E-state index is 0.265. The molecule has 2 heterocycles. The Bertz CT molecular complexity index is 3640. The van der Waals surface area contributed by atoms with Gasteiger partial charge in [-0.05, 0) is 187 Å². The van der Waals surface area contributed by atoms with Crippen LogP contribution in [0.25, 0.3) is 65.4 Å². The second kappa shape index (κ2) is 14.7. The molecule has 308 valence electrons. The molecule has 0 fully saturated rings. The first-order valence-corrected chi connectivity index (χ1v) is 22.1. The van der Waals surface area contributed by atoms with Crippen molar-refractivity contribution in [3.05, 3.63) is 191 Å². The summed E-state index contributed by atoms with van der Waals surface area (Å²) < 4.78 is 13.9. The molecule has 0 aliphatic carbocycles. The van der Waals surface area contributed by atoms with Crippen LogP contribution in [-0.2, 0) is 0 Å². The molecule has 0 atom stereocenters. The van der Waals surface area contributed by atoms with E-state index in [9.17, 15) is 0 Å². The maximum atomic E-state index is 6.98. The molecule has 0 aliphatic heterocycles. The summed E-state index contributed by atoms with van der Waals surface area (Å²) in [4.78, 5) is 4.79. The van der Waals surface area contributed by atoms with Crippen molar-refractivity contribution in [2.24, 2.45) is 0 Å². The first-order chi connectivity index (χ1) is 30.5. The predicted octanol–water partition coefficient (Wildman–Crippen LogP) is 17.7. The van der Waals surface area contributed by atoms with Gasteiger partial charge in [0.25, 0.3) is 0 Å². The Balaban J connectivity index is 1.08. The van der Waals surface area contributed by atoms with Gasteiger partial charge in [-0.25, -0.2) is 0 Å². The van der Waals surface area contributed by atoms with Crippen molar-refractivity contribution >= 4 is 99.5 Å². The van der Waals surface area contributed by atoms with Crippen molar-refractivity contribution in [1.82, 2.24) is 0 Å². The lowest BCUT2D eigenvalue weighted by Gasteiger charge is -2.29. The highest BCUT2D eigenvalue weighted by molar-refractivity contribution is 6.23. The minimum absolute atomic E-state index is 0.265. The first-order valence-electron chi connectivity index (χ1n) is 22.1. The molecule has 0 unspecified atom stereocenters. The van der Waals surface area contributed by atoms with Crippen molar-refractivity contribution in [2.75, 3.05) is 9.80 Å². The summed E-state index contributed by atoms with van der Waals surface area (Å²) >= 11 is 0. The predicted molar refractivity (Wildman–Crippen MR) is 268 cm³/mol. The number of furan rings is 2. The summed E-state index contributed by atoms with van der Waals surface area (Å²) in [5, 5.41) is 8.99. The van der Waals surface area contributed by atoms with Crippen LogP contribution < -0.4 is 9.80 Å². The number of aryl methyl sites for hydroxylation is 6. The van der Waals surface area contributed by atoms with Crippen molar-refractivity contribution in [3.8, 4) is 0 Å². The number of para-hydroxylation sites is 2. The van der Waals surface area contributed by atoms with Gasteiger partial charge in [0, 0.05) is 55.7 Å². The first kappa shape index (κ1) is 38.6. The van der Waals surface area contributed by atoms with Gasteiger partial charge in [-0.2, -0.15) is 0 Å². The van der Waals surface area contributed by atoms with Crippen LogP contribution in [0.3, 0.4) is 0 Å². The molecule has 0 aliphatic rings. The van der Waals surface area contributed by atoms with Crippen LogP contribution >= 0.6 is 0 Å². The Kier molecular flexibility index (Phi) is 8.99. The minimum Gasteiger partial charge on any atom is -0.452 e. The van der Waals surface area contributed by atoms with Gasteiger partial charge in [-0.3, -0.25) is 0 Å². The molecule has 2 aromatic heterocycles. The van der Waals surface area contributed by atoms with Crippen LogP contribution in [0.1, 0.15) is 58.7 Å². The second-order valence-electron chi connectivity index (χ2n) is 18.0. The van der Waals surface area contributed by atoms with Gasteiger partial charge in [0.05, 0.1) is 0 Å². The van der Waals surface area contributed by atoms with Crippen LogP contribution in [0, 0.1) is 41.5 Å². The molecule has 0 radical (unpaired) electrons. The highest BCUT2D eigenvalue weighted by Gasteiger charge is 2.24. The van der Waals surface area contributed by atoms with Gasteiger partial charge in [0.1, 0.15) is 11.2 Å². The highest BCUT2D eigenvalue weighted by Crippen LogP contribution is 2.47. The van der Waals surface area contributed by atoms with Crippen molar-refractivity contribution in [1.29, 1.82) is 0 Å². The third kappa shape index (κ3) is 6.35. The zero-order chi connectivity index (χ0) is 43.3. The van der Waals surface area contributed by atoms with Gasteiger partial charge in [0.2, 0.25) is 0 Å². The summed E-state index contributed by atoms with van der Waals surface area (Å²) in [5.41, 5.74) is 18.8. The SMILES string of the molecule is Cc1ccc(C)c(N(c2ccc3cc4c(cc3c2)oc2c4cc(C(C)C)c3c4cc5ccc(N(c6ccccc6C)c6cc(C)ccc6C)cc5cc4oc23)c2ccccc2C)c1. The molecule has 0 spiro atoms. The van der Waals surface area contributed by atoms with Crippen molar-refractivity contribution in [2.45, 2.75) is 61.3 Å². The molecule has 0 saturated carbocycles. The van der Waals surface area contributed by atoms with Crippen LogP contribution in [-0.4, -0.2) is 0 Å². The topological polar surface area (TPSA) is 32.8 Å². The number of nitrogens with zero attached hydrogens (tertiary/aromatic N) is 2. The van der Waals surface area contributed by atoms with Crippen LogP contribution in [0.15, 0.2) is 160 Å². The summed E-state index contributed by atoms with van der Waals surface area (Å²) in [7, 11) is 0. The van der Waals surface area contributed by atoms with Gasteiger partial charge in [-0.15, -0.1) is 0 Å². The molecule has 0 bridgehead atoms. The lowest BCUT2D eigenvalue weighted by atomic mass is 9.94. The fourth-order valence-electron chi connectivity index (χ4n) is 9.76. The molecular formula is C59H50N2O2. The molecule has 9 aromatic carbocycles. The van der Waals surface area contributed by atoms with E-state index in [-0.39, 0.29) is 5.92 Å². The molecule has 63 heavy (non-hydrogen) atoms. The molecule has 4 heteroatoms. The van der Waals surface area contributed by atoms with E-state index in [1.165, 1.54) is 55.7 Å². The maximum absolute atomic E-state index is 6.98. The van der Waals surface area contributed by atoms with Gasteiger partial charge >= 0.3 is 0 Å². The third-order valence-electron chi connectivity index (χ3n) is 13.2. The zero-order valence-electron chi connectivity index (χ0n) is 37.2. The van der Waals surface area contributed by atoms with Gasteiger partial charge in [-0.1, -0.05) is 86.6 Å². The molecule has 0 saturated heterocycles. The quantitative estimate of drug-likeness (QED) is 0.160. The summed E-state index contributed by atoms with van der Waals surface area (Å²) in [6.07, 6.45) is 0. The number of hydrogen-bond acceptors (Lipinski definition) is 4. The Morgan fingerprint density at radius 1 is 0.381 bits per heavy atom. The average molecular weight is 819 g/mol. The summed E-state index contributed by atoms with van der Waals surface area (Å²) in [5.74, 6) is 0.265. The van der Waals surface area contributed by atoms with E-state index in [2.05, 4.69) is 217 Å². The highest BCUT2D eigenvalue weighted by atomic mass is 16.4. The standard InChI is InChI=1S/C59H50N2O2/c1-34(2)47-33-49-48-29-41-21-23-45(60(51-15-11-9-13-37(51)5)53-25-35(3)17-19-39(53)7)27-43(41)31-55(48)62-58(49)59-57(47)50-30-42-22-24-46(28-44(42)32-56(50)63-59)61(52-16-12-10-14-38(52)6)54-26-36(4)18-20-40(54)8/h9-34H,1-8H3. The number of fused-ring (bicyclic) bond motifs is 9. The molecule has 0 amide bonds. The lowest BCUT2D eigenvalue weighted by Crippen LogP contribution is -2.12. The number of hydrogen-bond donors (Lipinski definition) is 0. The number of rotatable bonds is 7. The number of benzene rings is 9. The fourth-order valence-corrected chi connectivity index (χ4v) is 9.76. The number of anilines is 6. The van der Waals surface area contributed by atoms with E-state index in [1.54, 1.807) is 0 Å². The fraction of sp³-hybridized carbons (Fsp3) is 0.153. The van der Waals surface area contributed by atoms with Crippen LogP contribution in [0.2, 0.25) is 0 Å². The Morgan fingerprint density at radius 2 is 0.857 bits per heavy atom. The van der Waals surface area contributed by atoms with E-state index in [0.717, 1.165) is 82.8 Å². The van der Waals surface area contributed by atoms with Gasteiger partial charge < -0.3 is 18.6 Å². The van der Waals surface area contributed by atoms with E-state index < -0.39 is 0 Å². The molecular weight excluding hydrogens is 769 g/mol. The molecule has 11 rings (SSSR count). The Hall–Kier alpha value is -7.30. The van der Waals surface area contributed by atoms with E-state index >= 15 is 0 Å². The van der Waals surface area contributed by atoms with E-state index in [1.807, 2.05) is 0 Å². The van der Waals surface area contributed by atoms with E-state index in [0.29, 0.717) is 0 Å². The average Bonchev–Trinajstić information content (AvgIpc) is 3.83. The Morgan fingerprint density at radius 3 is 1.38 bits per heavy atom. The zero-order valence-corrected chi connectivity index (χ0v) is 37.2. The van der Waals surface area contributed by atoms with Crippen molar-refractivity contribution < 1.29 is 8.83 Å². The van der Waals surface area contributed by atoms with Crippen molar-refractivity contribution in [3.63, 3.8) is 0 Å². The van der Waals surface area contributed by atoms with Crippen LogP contribution in [0.5, 0.6) is 0 Å². The normalized spacial score (nSPS) is 12.0.